The standard InChI is InChI=1S/C11H23N3O2.HI/c1-11(15-8-9-16-11)6-7-12-10(13(2)3)14(4)5;/h6-9H2,1-5H3;1H. The molecule has 5 nitrogen and oxygen atoms in total. The molecule has 0 aliphatic carbocycles. The van der Waals surface area contributed by atoms with Gasteiger partial charge in [-0.05, 0) is 6.92 Å². The van der Waals surface area contributed by atoms with Gasteiger partial charge in [-0.25, -0.2) is 0 Å². The highest BCUT2D eigenvalue weighted by molar-refractivity contribution is 14.0. The van der Waals surface area contributed by atoms with Gasteiger partial charge in [0.2, 0.25) is 0 Å². The first-order valence-electron chi connectivity index (χ1n) is 5.62. The summed E-state index contributed by atoms with van der Waals surface area (Å²) in [5.41, 5.74) is 0. The zero-order valence-electron chi connectivity index (χ0n) is 11.4. The number of hydrogen-bond donors (Lipinski definition) is 0. The predicted octanol–water partition coefficient (Wildman–Crippen LogP) is 1.24. The monoisotopic (exact) mass is 357 g/mol. The lowest BCUT2D eigenvalue weighted by atomic mass is 10.2. The Balaban J connectivity index is 0.00000256. The molecule has 1 rings (SSSR count). The second-order valence-corrected chi connectivity index (χ2v) is 4.55. The van der Waals surface area contributed by atoms with Gasteiger partial charge in [-0.3, -0.25) is 4.99 Å². The molecule has 0 atom stereocenters. The van der Waals surface area contributed by atoms with E-state index in [1.807, 2.05) is 44.9 Å². The number of rotatable bonds is 3. The molecule has 17 heavy (non-hydrogen) atoms. The van der Waals surface area contributed by atoms with Crippen LogP contribution in [0.25, 0.3) is 0 Å². The highest BCUT2D eigenvalue weighted by Gasteiger charge is 2.30. The smallest absolute Gasteiger partial charge is 0.195 e. The number of nitrogens with zero attached hydrogens (tertiary/aromatic N) is 3. The molecule has 0 amide bonds. The Morgan fingerprint density at radius 2 is 1.59 bits per heavy atom. The van der Waals surface area contributed by atoms with Crippen molar-refractivity contribution < 1.29 is 9.47 Å². The minimum absolute atomic E-state index is 0. The highest BCUT2D eigenvalue weighted by atomic mass is 127. The summed E-state index contributed by atoms with van der Waals surface area (Å²) >= 11 is 0. The van der Waals surface area contributed by atoms with Crippen molar-refractivity contribution in [1.82, 2.24) is 9.80 Å². The molecular formula is C11H24IN3O2. The Morgan fingerprint density at radius 3 is 2.00 bits per heavy atom. The van der Waals surface area contributed by atoms with E-state index >= 15 is 0 Å². The van der Waals surface area contributed by atoms with Crippen LogP contribution >= 0.6 is 24.0 Å². The second kappa shape index (κ2) is 7.38. The number of guanidine groups is 1. The van der Waals surface area contributed by atoms with Crippen molar-refractivity contribution in [3.63, 3.8) is 0 Å². The van der Waals surface area contributed by atoms with Crippen molar-refractivity contribution in [2.75, 3.05) is 47.9 Å². The van der Waals surface area contributed by atoms with E-state index in [0.717, 1.165) is 12.4 Å². The molecule has 1 aliphatic rings. The highest BCUT2D eigenvalue weighted by Crippen LogP contribution is 2.22. The third kappa shape index (κ3) is 5.39. The van der Waals surface area contributed by atoms with E-state index in [0.29, 0.717) is 19.8 Å². The van der Waals surface area contributed by atoms with E-state index < -0.39 is 5.79 Å². The summed E-state index contributed by atoms with van der Waals surface area (Å²) in [6, 6.07) is 0. The Morgan fingerprint density at radius 1 is 1.12 bits per heavy atom. The summed E-state index contributed by atoms with van der Waals surface area (Å²) in [6.45, 7) is 4.06. The van der Waals surface area contributed by atoms with Crippen LogP contribution in [0.2, 0.25) is 0 Å². The Bertz CT molecular complexity index is 241. The topological polar surface area (TPSA) is 37.3 Å². The average molecular weight is 357 g/mol. The molecule has 102 valence electrons. The van der Waals surface area contributed by atoms with Gasteiger partial charge in [-0.15, -0.1) is 24.0 Å². The van der Waals surface area contributed by atoms with Crippen molar-refractivity contribution in [2.24, 2.45) is 4.99 Å². The number of hydrogen-bond acceptors (Lipinski definition) is 3. The number of halogens is 1. The predicted molar refractivity (Wildman–Crippen MR) is 80.0 cm³/mol. The first-order valence-corrected chi connectivity index (χ1v) is 5.62. The molecule has 0 aromatic heterocycles. The van der Waals surface area contributed by atoms with Crippen molar-refractivity contribution in [2.45, 2.75) is 19.1 Å². The molecule has 0 aromatic carbocycles. The summed E-state index contributed by atoms with van der Waals surface area (Å²) in [4.78, 5) is 8.54. The van der Waals surface area contributed by atoms with Crippen molar-refractivity contribution in [3.8, 4) is 0 Å². The fourth-order valence-electron chi connectivity index (χ4n) is 1.74. The lowest BCUT2D eigenvalue weighted by Crippen LogP contribution is -2.36. The molecule has 0 unspecified atom stereocenters. The van der Waals surface area contributed by atoms with E-state index in [9.17, 15) is 0 Å². The maximum absolute atomic E-state index is 5.52. The summed E-state index contributed by atoms with van der Waals surface area (Å²) in [7, 11) is 7.96. The lowest BCUT2D eigenvalue weighted by Gasteiger charge is -2.24. The quantitative estimate of drug-likeness (QED) is 0.433. The van der Waals surface area contributed by atoms with Crippen LogP contribution in [0.4, 0.5) is 0 Å². The normalized spacial score (nSPS) is 17.2. The van der Waals surface area contributed by atoms with Gasteiger partial charge >= 0.3 is 0 Å². The molecule has 1 aliphatic heterocycles. The first kappa shape index (κ1) is 16.9. The molecule has 0 aromatic rings. The van der Waals surface area contributed by atoms with E-state index in [1.165, 1.54) is 0 Å². The maximum Gasteiger partial charge on any atom is 0.195 e. The summed E-state index contributed by atoms with van der Waals surface area (Å²) in [6.07, 6.45) is 0.790. The van der Waals surface area contributed by atoms with E-state index in [1.54, 1.807) is 0 Å². The van der Waals surface area contributed by atoms with Gasteiger partial charge in [0, 0.05) is 41.2 Å². The van der Waals surface area contributed by atoms with Crippen molar-refractivity contribution >= 4 is 29.9 Å². The van der Waals surface area contributed by atoms with Crippen LogP contribution in [-0.2, 0) is 9.47 Å². The largest absolute Gasteiger partial charge is 0.349 e. The SMILES string of the molecule is CN(C)C(=NCCC1(C)OCCO1)N(C)C.I. The molecule has 0 N–H and O–H groups in total. The fraction of sp³-hybridized carbons (Fsp3) is 0.909. The molecule has 0 bridgehead atoms. The van der Waals surface area contributed by atoms with Gasteiger partial charge in [-0.1, -0.05) is 0 Å². The fourth-order valence-corrected chi connectivity index (χ4v) is 1.74. The number of ether oxygens (including phenoxy) is 2. The minimum Gasteiger partial charge on any atom is -0.349 e. The van der Waals surface area contributed by atoms with Gasteiger partial charge in [0.1, 0.15) is 0 Å². The molecule has 0 spiro atoms. The Labute approximate surface area is 121 Å². The van der Waals surface area contributed by atoms with Crippen LogP contribution in [-0.4, -0.2) is 69.5 Å². The third-order valence-corrected chi connectivity index (χ3v) is 2.52. The zero-order valence-corrected chi connectivity index (χ0v) is 13.7. The molecule has 6 heteroatoms. The second-order valence-electron chi connectivity index (χ2n) is 4.55. The van der Waals surface area contributed by atoms with Crippen molar-refractivity contribution in [1.29, 1.82) is 0 Å². The van der Waals surface area contributed by atoms with Crippen LogP contribution in [0.1, 0.15) is 13.3 Å². The molecular weight excluding hydrogens is 333 g/mol. The van der Waals surface area contributed by atoms with Crippen LogP contribution in [0.5, 0.6) is 0 Å². The van der Waals surface area contributed by atoms with Crippen LogP contribution in [0.15, 0.2) is 4.99 Å². The molecule has 1 heterocycles. The van der Waals surface area contributed by atoms with Gasteiger partial charge in [0.25, 0.3) is 0 Å². The van der Waals surface area contributed by atoms with Gasteiger partial charge in [0.15, 0.2) is 11.7 Å². The summed E-state index contributed by atoms with van der Waals surface area (Å²) in [5.74, 6) is 0.523. The Hall–Kier alpha value is -0.0800. The van der Waals surface area contributed by atoms with Crippen molar-refractivity contribution in [3.05, 3.63) is 0 Å². The maximum atomic E-state index is 5.52. The summed E-state index contributed by atoms with van der Waals surface area (Å²) in [5, 5.41) is 0. The minimum atomic E-state index is -0.437. The van der Waals surface area contributed by atoms with Gasteiger partial charge < -0.3 is 19.3 Å². The van der Waals surface area contributed by atoms with Crippen LogP contribution in [0.3, 0.4) is 0 Å². The lowest BCUT2D eigenvalue weighted by molar-refractivity contribution is -0.144. The zero-order chi connectivity index (χ0) is 12.2. The number of aliphatic imine (C=N–C) groups is 1. The van der Waals surface area contributed by atoms with E-state index in [-0.39, 0.29) is 24.0 Å². The van der Waals surface area contributed by atoms with E-state index in [2.05, 4.69) is 4.99 Å². The first-order chi connectivity index (χ1) is 7.44. The van der Waals surface area contributed by atoms with E-state index in [4.69, 9.17) is 9.47 Å². The summed E-state index contributed by atoms with van der Waals surface area (Å²) < 4.78 is 11.0. The van der Waals surface area contributed by atoms with Gasteiger partial charge in [-0.2, -0.15) is 0 Å². The molecule has 0 saturated carbocycles. The third-order valence-electron chi connectivity index (χ3n) is 2.52. The average Bonchev–Trinajstić information content (AvgIpc) is 2.59. The molecule has 1 saturated heterocycles. The molecule has 1 fully saturated rings. The van der Waals surface area contributed by atoms with Crippen LogP contribution < -0.4 is 0 Å². The Kier molecular flexibility index (Phi) is 7.34. The molecule has 0 radical (unpaired) electrons. The van der Waals surface area contributed by atoms with Gasteiger partial charge in [0.05, 0.1) is 13.2 Å². The van der Waals surface area contributed by atoms with Crippen LogP contribution in [0, 0.1) is 0 Å².